The first-order valence-corrected chi connectivity index (χ1v) is 10.9. The van der Waals surface area contributed by atoms with Gasteiger partial charge >= 0.3 is 0 Å². The summed E-state index contributed by atoms with van der Waals surface area (Å²) in [5, 5.41) is 1.11. The van der Waals surface area contributed by atoms with E-state index in [0.29, 0.717) is 10.9 Å². The molecule has 1 atom stereocenters. The topological polar surface area (TPSA) is 61.5 Å². The van der Waals surface area contributed by atoms with Crippen molar-refractivity contribution in [2.75, 3.05) is 27.2 Å². The molecule has 0 aliphatic carbocycles. The van der Waals surface area contributed by atoms with E-state index in [9.17, 15) is 4.79 Å². The Morgan fingerprint density at radius 3 is 2.93 bits per heavy atom. The van der Waals surface area contributed by atoms with E-state index < -0.39 is 0 Å². The molecule has 5 rings (SSSR count). The number of aromatic nitrogens is 2. The van der Waals surface area contributed by atoms with Gasteiger partial charge in [0, 0.05) is 48.0 Å². The molecule has 30 heavy (non-hydrogen) atoms. The van der Waals surface area contributed by atoms with Gasteiger partial charge in [-0.05, 0) is 57.8 Å². The van der Waals surface area contributed by atoms with Crippen LogP contribution in [0.3, 0.4) is 0 Å². The summed E-state index contributed by atoms with van der Waals surface area (Å²) in [7, 11) is 4.13. The van der Waals surface area contributed by atoms with Crippen molar-refractivity contribution in [3.63, 3.8) is 0 Å². The van der Waals surface area contributed by atoms with Crippen molar-refractivity contribution in [2.45, 2.75) is 19.4 Å². The number of carbonyl (C=O) groups excluding carboxylic acids is 1. The first kappa shape index (κ1) is 19.1. The Bertz CT molecular complexity index is 1240. The Morgan fingerprint density at radius 1 is 1.27 bits per heavy atom. The number of thiophene rings is 1. The summed E-state index contributed by atoms with van der Waals surface area (Å²) in [5.41, 5.74) is 3.00. The lowest BCUT2D eigenvalue weighted by Gasteiger charge is -2.19. The Hall–Kier alpha value is -2.90. The van der Waals surface area contributed by atoms with Crippen LogP contribution in [0.5, 0.6) is 11.5 Å². The number of amides is 1. The van der Waals surface area contributed by atoms with E-state index in [4.69, 9.17) is 4.74 Å². The molecule has 0 bridgehead atoms. The van der Waals surface area contributed by atoms with Crippen LogP contribution in [0.25, 0.3) is 21.1 Å². The molecule has 1 aromatic carbocycles. The van der Waals surface area contributed by atoms with Crippen LogP contribution in [0.2, 0.25) is 0 Å². The second-order valence-corrected chi connectivity index (χ2v) is 9.15. The summed E-state index contributed by atoms with van der Waals surface area (Å²) in [6, 6.07) is 12.3. The van der Waals surface area contributed by atoms with E-state index in [2.05, 4.69) is 35.0 Å². The SMILES string of the molecule is Cc1cc2cc(Oc3ccnc4cc(C(=O)N5CCC(N(C)C)C5)sc34)ccc2[nH]1. The van der Waals surface area contributed by atoms with Gasteiger partial charge in [0.2, 0.25) is 0 Å². The van der Waals surface area contributed by atoms with Crippen molar-refractivity contribution in [1.82, 2.24) is 19.8 Å². The van der Waals surface area contributed by atoms with Crippen molar-refractivity contribution in [3.8, 4) is 11.5 Å². The van der Waals surface area contributed by atoms with Crippen LogP contribution in [-0.2, 0) is 0 Å². The number of likely N-dealkylation sites (N-methyl/N-ethyl adjacent to an activating group) is 1. The van der Waals surface area contributed by atoms with E-state index in [1.54, 1.807) is 6.20 Å². The second kappa shape index (κ2) is 7.41. The Labute approximate surface area is 179 Å². The maximum atomic E-state index is 13.0. The van der Waals surface area contributed by atoms with Crippen LogP contribution < -0.4 is 4.74 Å². The quantitative estimate of drug-likeness (QED) is 0.522. The zero-order chi connectivity index (χ0) is 20.8. The number of aromatic amines is 1. The van der Waals surface area contributed by atoms with Gasteiger partial charge in [-0.2, -0.15) is 0 Å². The monoisotopic (exact) mass is 420 g/mol. The molecule has 7 heteroatoms. The molecule has 1 amide bonds. The number of aryl methyl sites for hydroxylation is 1. The molecular weight excluding hydrogens is 396 g/mol. The molecule has 4 heterocycles. The molecule has 6 nitrogen and oxygen atoms in total. The van der Waals surface area contributed by atoms with Gasteiger partial charge in [0.25, 0.3) is 5.91 Å². The summed E-state index contributed by atoms with van der Waals surface area (Å²) in [6.07, 6.45) is 2.74. The summed E-state index contributed by atoms with van der Waals surface area (Å²) in [6.45, 7) is 3.61. The fourth-order valence-corrected chi connectivity index (χ4v) is 5.08. The number of benzene rings is 1. The minimum atomic E-state index is 0.0810. The standard InChI is InChI=1S/C23H24N4O2S/c1-14-10-15-11-17(4-5-18(15)25-14)29-20-6-8-24-19-12-21(30-22(19)20)23(28)27-9-7-16(13-27)26(2)3/h4-6,8,10-12,16,25H,7,9,13H2,1-3H3. The maximum Gasteiger partial charge on any atom is 0.264 e. The van der Waals surface area contributed by atoms with Gasteiger partial charge in [-0.25, -0.2) is 0 Å². The molecule has 4 aromatic rings. The summed E-state index contributed by atoms with van der Waals surface area (Å²) >= 11 is 1.46. The number of ether oxygens (including phenoxy) is 1. The summed E-state index contributed by atoms with van der Waals surface area (Å²) < 4.78 is 7.10. The summed E-state index contributed by atoms with van der Waals surface area (Å²) in [5.74, 6) is 1.57. The van der Waals surface area contributed by atoms with E-state index in [1.165, 1.54) is 11.3 Å². The first-order chi connectivity index (χ1) is 14.5. The van der Waals surface area contributed by atoms with Crippen molar-refractivity contribution in [2.24, 2.45) is 0 Å². The minimum absolute atomic E-state index is 0.0810. The van der Waals surface area contributed by atoms with Crippen molar-refractivity contribution in [1.29, 1.82) is 0 Å². The molecule has 3 aromatic heterocycles. The third kappa shape index (κ3) is 3.44. The Morgan fingerprint density at radius 2 is 2.13 bits per heavy atom. The van der Waals surface area contributed by atoms with Crippen LogP contribution in [0.4, 0.5) is 0 Å². The fraction of sp³-hybridized carbons (Fsp3) is 0.304. The smallest absolute Gasteiger partial charge is 0.264 e. The average molecular weight is 421 g/mol. The molecule has 1 N–H and O–H groups in total. The normalized spacial score (nSPS) is 16.8. The highest BCUT2D eigenvalue weighted by molar-refractivity contribution is 7.21. The van der Waals surface area contributed by atoms with Gasteiger partial charge in [-0.1, -0.05) is 0 Å². The third-order valence-electron chi connectivity index (χ3n) is 5.72. The number of pyridine rings is 1. The van der Waals surface area contributed by atoms with Crippen LogP contribution >= 0.6 is 11.3 Å². The highest BCUT2D eigenvalue weighted by Gasteiger charge is 2.29. The maximum absolute atomic E-state index is 13.0. The second-order valence-electron chi connectivity index (χ2n) is 8.09. The summed E-state index contributed by atoms with van der Waals surface area (Å²) in [4.78, 5) is 25.7. The van der Waals surface area contributed by atoms with E-state index >= 15 is 0 Å². The van der Waals surface area contributed by atoms with Crippen molar-refractivity contribution < 1.29 is 9.53 Å². The van der Waals surface area contributed by atoms with Crippen molar-refractivity contribution in [3.05, 3.63) is 53.2 Å². The predicted molar refractivity (Wildman–Crippen MR) is 121 cm³/mol. The minimum Gasteiger partial charge on any atom is -0.456 e. The Kier molecular flexibility index (Phi) is 4.72. The fourth-order valence-electron chi connectivity index (χ4n) is 4.05. The zero-order valence-electron chi connectivity index (χ0n) is 17.3. The molecule has 1 fully saturated rings. The molecule has 1 unspecified atom stereocenters. The molecule has 0 saturated carbocycles. The number of hydrogen-bond acceptors (Lipinski definition) is 5. The first-order valence-electron chi connectivity index (χ1n) is 10.1. The van der Waals surface area contributed by atoms with Crippen LogP contribution in [0.1, 0.15) is 21.8 Å². The number of H-pyrrole nitrogens is 1. The third-order valence-corrected chi connectivity index (χ3v) is 6.85. The molecule has 1 saturated heterocycles. The number of nitrogens with zero attached hydrogens (tertiary/aromatic N) is 3. The van der Waals surface area contributed by atoms with Gasteiger partial charge in [0.15, 0.2) is 0 Å². The number of nitrogens with one attached hydrogen (secondary N) is 1. The number of rotatable bonds is 4. The lowest BCUT2D eigenvalue weighted by Crippen LogP contribution is -2.34. The van der Waals surface area contributed by atoms with Gasteiger partial charge in [-0.15, -0.1) is 11.3 Å². The van der Waals surface area contributed by atoms with E-state index in [-0.39, 0.29) is 5.91 Å². The van der Waals surface area contributed by atoms with Gasteiger partial charge in [0.1, 0.15) is 11.5 Å². The van der Waals surface area contributed by atoms with E-state index in [1.807, 2.05) is 42.2 Å². The van der Waals surface area contributed by atoms with Crippen molar-refractivity contribution >= 4 is 38.4 Å². The molecule has 154 valence electrons. The lowest BCUT2D eigenvalue weighted by atomic mass is 10.2. The Balaban J connectivity index is 1.42. The average Bonchev–Trinajstić information content (AvgIpc) is 3.44. The van der Waals surface area contributed by atoms with Crippen LogP contribution in [0, 0.1) is 6.92 Å². The van der Waals surface area contributed by atoms with Gasteiger partial charge in [0.05, 0.1) is 15.1 Å². The molecule has 0 spiro atoms. The predicted octanol–water partition coefficient (Wildman–Crippen LogP) is 4.65. The van der Waals surface area contributed by atoms with Gasteiger partial charge < -0.3 is 19.5 Å². The molecular formula is C23H24N4O2S. The number of hydrogen-bond donors (Lipinski definition) is 1. The number of fused-ring (bicyclic) bond motifs is 2. The van der Waals surface area contributed by atoms with Crippen LogP contribution in [0.15, 0.2) is 42.6 Å². The highest BCUT2D eigenvalue weighted by atomic mass is 32.1. The number of carbonyl (C=O) groups is 1. The number of likely N-dealkylation sites (tertiary alicyclic amines) is 1. The molecule has 1 aliphatic rings. The highest BCUT2D eigenvalue weighted by Crippen LogP contribution is 2.36. The zero-order valence-corrected chi connectivity index (χ0v) is 18.1. The largest absolute Gasteiger partial charge is 0.456 e. The lowest BCUT2D eigenvalue weighted by molar-refractivity contribution is 0.0788. The van der Waals surface area contributed by atoms with Gasteiger partial charge in [-0.3, -0.25) is 9.78 Å². The molecule has 0 radical (unpaired) electrons. The molecule has 1 aliphatic heterocycles. The van der Waals surface area contributed by atoms with Crippen LogP contribution in [-0.4, -0.2) is 58.9 Å². The van der Waals surface area contributed by atoms with E-state index in [0.717, 1.165) is 57.8 Å².